The molecular formula is C9H17NO2. The summed E-state index contributed by atoms with van der Waals surface area (Å²) < 4.78 is 4.86. The molecule has 0 aromatic carbocycles. The molecule has 0 aromatic rings. The second kappa shape index (κ2) is 6.70. The Morgan fingerprint density at radius 3 is 2.67 bits per heavy atom. The molecule has 3 nitrogen and oxygen atoms in total. The number of ether oxygens (including phenoxy) is 1. The monoisotopic (exact) mass is 171 g/mol. The lowest BCUT2D eigenvalue weighted by Gasteiger charge is -2.00. The number of hydrogen-bond donors (Lipinski definition) is 1. The molecule has 70 valence electrons. The minimum absolute atomic E-state index is 0.342. The highest BCUT2D eigenvalue weighted by molar-refractivity contribution is 5.82. The van der Waals surface area contributed by atoms with E-state index >= 15 is 0 Å². The third-order valence-corrected chi connectivity index (χ3v) is 1.34. The largest absolute Gasteiger partial charge is 0.462 e. The maximum atomic E-state index is 10.8. The van der Waals surface area contributed by atoms with Crippen molar-refractivity contribution in [1.82, 2.24) is 0 Å². The fraction of sp³-hybridized carbons (Fsp3) is 0.667. The van der Waals surface area contributed by atoms with Gasteiger partial charge in [0.2, 0.25) is 0 Å². The number of carbonyl (C=O) groups excluding carboxylic acids is 1. The maximum Gasteiger partial charge on any atom is 0.332 e. The number of nitrogens with two attached hydrogens (primary N) is 1. The molecule has 0 amide bonds. The Hall–Kier alpha value is -0.990. The highest BCUT2D eigenvalue weighted by Crippen LogP contribution is 1.95. The standard InChI is InChI=1S/C9H17NO2/c1-3-4-5-6-12-9(11)7-8(2)10/h7H,3-6,10H2,1-2H3/b8-7-. The van der Waals surface area contributed by atoms with Gasteiger partial charge in [-0.05, 0) is 13.3 Å². The fourth-order valence-electron chi connectivity index (χ4n) is 0.752. The lowest BCUT2D eigenvalue weighted by molar-refractivity contribution is -0.137. The van der Waals surface area contributed by atoms with Crippen LogP contribution in [0.15, 0.2) is 11.8 Å². The van der Waals surface area contributed by atoms with Crippen molar-refractivity contribution < 1.29 is 9.53 Å². The molecule has 0 spiro atoms. The number of carbonyl (C=O) groups is 1. The van der Waals surface area contributed by atoms with E-state index in [0.717, 1.165) is 19.3 Å². The first kappa shape index (κ1) is 11.0. The van der Waals surface area contributed by atoms with Crippen LogP contribution >= 0.6 is 0 Å². The predicted molar refractivity (Wildman–Crippen MR) is 48.4 cm³/mol. The SMILES string of the molecule is CCCCCOC(=O)/C=C(/C)N. The molecule has 12 heavy (non-hydrogen) atoms. The lowest BCUT2D eigenvalue weighted by Crippen LogP contribution is -2.05. The zero-order chi connectivity index (χ0) is 9.40. The highest BCUT2D eigenvalue weighted by atomic mass is 16.5. The molecule has 0 saturated heterocycles. The van der Waals surface area contributed by atoms with Gasteiger partial charge >= 0.3 is 5.97 Å². The zero-order valence-electron chi connectivity index (χ0n) is 7.80. The normalized spacial score (nSPS) is 11.3. The first-order chi connectivity index (χ1) is 5.66. The van der Waals surface area contributed by atoms with Crippen LogP contribution in [0.2, 0.25) is 0 Å². The van der Waals surface area contributed by atoms with E-state index < -0.39 is 0 Å². The third kappa shape index (κ3) is 7.12. The summed E-state index contributed by atoms with van der Waals surface area (Å²) in [5, 5.41) is 0. The van der Waals surface area contributed by atoms with Crippen molar-refractivity contribution in [2.75, 3.05) is 6.61 Å². The van der Waals surface area contributed by atoms with Crippen LogP contribution in [0.3, 0.4) is 0 Å². The summed E-state index contributed by atoms with van der Waals surface area (Å²) in [6.07, 6.45) is 4.45. The van der Waals surface area contributed by atoms with Gasteiger partial charge in [0.05, 0.1) is 6.61 Å². The molecule has 0 radical (unpaired) electrons. The minimum Gasteiger partial charge on any atom is -0.462 e. The molecule has 0 aromatic heterocycles. The van der Waals surface area contributed by atoms with Gasteiger partial charge < -0.3 is 10.5 Å². The molecule has 3 heteroatoms. The minimum atomic E-state index is -0.342. The first-order valence-electron chi connectivity index (χ1n) is 4.27. The predicted octanol–water partition coefficient (Wildman–Crippen LogP) is 1.58. The topological polar surface area (TPSA) is 52.3 Å². The summed E-state index contributed by atoms with van der Waals surface area (Å²) in [5.41, 5.74) is 5.77. The van der Waals surface area contributed by atoms with E-state index in [9.17, 15) is 4.79 Å². The Morgan fingerprint density at radius 2 is 2.17 bits per heavy atom. The number of esters is 1. The van der Waals surface area contributed by atoms with Gasteiger partial charge in [-0.3, -0.25) is 0 Å². The van der Waals surface area contributed by atoms with Crippen molar-refractivity contribution in [1.29, 1.82) is 0 Å². The van der Waals surface area contributed by atoms with Crippen molar-refractivity contribution in [2.45, 2.75) is 33.1 Å². The Bertz CT molecular complexity index is 160. The zero-order valence-corrected chi connectivity index (χ0v) is 7.80. The van der Waals surface area contributed by atoms with Crippen molar-refractivity contribution in [3.63, 3.8) is 0 Å². The van der Waals surface area contributed by atoms with Gasteiger partial charge in [0.25, 0.3) is 0 Å². The Balaban J connectivity index is 3.39. The maximum absolute atomic E-state index is 10.8. The quantitative estimate of drug-likeness (QED) is 0.388. The van der Waals surface area contributed by atoms with Crippen LogP contribution in [0.25, 0.3) is 0 Å². The molecule has 0 heterocycles. The van der Waals surface area contributed by atoms with Gasteiger partial charge in [-0.2, -0.15) is 0 Å². The number of rotatable bonds is 5. The van der Waals surface area contributed by atoms with Crippen molar-refractivity contribution >= 4 is 5.97 Å². The van der Waals surface area contributed by atoms with Gasteiger partial charge in [0.15, 0.2) is 0 Å². The smallest absolute Gasteiger partial charge is 0.332 e. The molecule has 0 unspecified atom stereocenters. The number of allylic oxidation sites excluding steroid dienone is 1. The second-order valence-electron chi connectivity index (χ2n) is 2.76. The van der Waals surface area contributed by atoms with Gasteiger partial charge in [-0.15, -0.1) is 0 Å². The fourth-order valence-corrected chi connectivity index (χ4v) is 0.752. The number of unbranched alkanes of at least 4 members (excludes halogenated alkanes) is 2. The van der Waals surface area contributed by atoms with Gasteiger partial charge in [0, 0.05) is 11.8 Å². The summed E-state index contributed by atoms with van der Waals surface area (Å²) >= 11 is 0. The summed E-state index contributed by atoms with van der Waals surface area (Å²) in [7, 11) is 0. The highest BCUT2D eigenvalue weighted by Gasteiger charge is 1.96. The molecular weight excluding hydrogens is 154 g/mol. The van der Waals surface area contributed by atoms with Crippen molar-refractivity contribution in [3.8, 4) is 0 Å². The van der Waals surface area contributed by atoms with E-state index in [1.54, 1.807) is 6.92 Å². The van der Waals surface area contributed by atoms with Gasteiger partial charge in [0.1, 0.15) is 0 Å². The first-order valence-corrected chi connectivity index (χ1v) is 4.27. The third-order valence-electron chi connectivity index (χ3n) is 1.34. The van der Waals surface area contributed by atoms with Crippen LogP contribution in [-0.4, -0.2) is 12.6 Å². The van der Waals surface area contributed by atoms with Crippen LogP contribution in [0.4, 0.5) is 0 Å². The van der Waals surface area contributed by atoms with E-state index in [4.69, 9.17) is 10.5 Å². The van der Waals surface area contributed by atoms with E-state index in [2.05, 4.69) is 6.92 Å². The lowest BCUT2D eigenvalue weighted by atomic mass is 10.3. The second-order valence-corrected chi connectivity index (χ2v) is 2.76. The summed E-state index contributed by atoms with van der Waals surface area (Å²) in [4.78, 5) is 10.8. The van der Waals surface area contributed by atoms with Crippen LogP contribution in [-0.2, 0) is 9.53 Å². The average molecular weight is 171 g/mol. The van der Waals surface area contributed by atoms with E-state index in [1.165, 1.54) is 6.08 Å². The van der Waals surface area contributed by atoms with Crippen molar-refractivity contribution in [2.24, 2.45) is 5.73 Å². The Kier molecular flexibility index (Phi) is 6.15. The van der Waals surface area contributed by atoms with Crippen LogP contribution < -0.4 is 5.73 Å². The molecule has 0 bridgehead atoms. The van der Waals surface area contributed by atoms with Gasteiger partial charge in [-0.1, -0.05) is 19.8 Å². The molecule has 0 saturated carbocycles. The molecule has 0 fully saturated rings. The van der Waals surface area contributed by atoms with E-state index in [-0.39, 0.29) is 5.97 Å². The average Bonchev–Trinajstić information content (AvgIpc) is 1.97. The van der Waals surface area contributed by atoms with E-state index in [1.807, 2.05) is 0 Å². The summed E-state index contributed by atoms with van der Waals surface area (Å²) in [5.74, 6) is -0.342. The van der Waals surface area contributed by atoms with Crippen molar-refractivity contribution in [3.05, 3.63) is 11.8 Å². The van der Waals surface area contributed by atoms with Crippen LogP contribution in [0.1, 0.15) is 33.1 Å². The van der Waals surface area contributed by atoms with E-state index in [0.29, 0.717) is 12.3 Å². The Morgan fingerprint density at radius 1 is 1.50 bits per heavy atom. The van der Waals surface area contributed by atoms with Crippen LogP contribution in [0.5, 0.6) is 0 Å². The summed E-state index contributed by atoms with van der Waals surface area (Å²) in [6.45, 7) is 4.26. The Labute approximate surface area is 73.6 Å². The summed E-state index contributed by atoms with van der Waals surface area (Å²) in [6, 6.07) is 0. The molecule has 2 N–H and O–H groups in total. The van der Waals surface area contributed by atoms with Crippen LogP contribution in [0, 0.1) is 0 Å². The molecule has 0 atom stereocenters. The molecule has 0 rings (SSSR count). The number of hydrogen-bond acceptors (Lipinski definition) is 3. The van der Waals surface area contributed by atoms with Gasteiger partial charge in [-0.25, -0.2) is 4.79 Å². The molecule has 0 aliphatic heterocycles. The molecule has 0 aliphatic carbocycles. The molecule has 0 aliphatic rings.